The molecule has 4 nitrogen and oxygen atoms in total. The number of hydrogen-bond donors (Lipinski definition) is 0. The van der Waals surface area contributed by atoms with Crippen LogP contribution in [0.25, 0.3) is 11.3 Å². The molecule has 0 unspecified atom stereocenters. The summed E-state index contributed by atoms with van der Waals surface area (Å²) in [6, 6.07) is 8.20. The van der Waals surface area contributed by atoms with Gasteiger partial charge in [-0.3, -0.25) is 0 Å². The van der Waals surface area contributed by atoms with Gasteiger partial charge in [-0.2, -0.15) is 0 Å². The second-order valence-electron chi connectivity index (χ2n) is 4.33. The highest BCUT2D eigenvalue weighted by Gasteiger charge is 2.15. The molecule has 0 fully saturated rings. The van der Waals surface area contributed by atoms with Gasteiger partial charge in [0.15, 0.2) is 0 Å². The van der Waals surface area contributed by atoms with Crippen molar-refractivity contribution in [1.29, 1.82) is 0 Å². The number of carbonyl (C=O) groups is 1. The molecule has 0 N–H and O–H groups in total. The van der Waals surface area contributed by atoms with Crippen LogP contribution in [-0.2, 0) is 18.2 Å². The van der Waals surface area contributed by atoms with E-state index in [1.54, 1.807) is 18.5 Å². The largest absolute Gasteiger partial charge is 0.460 e. The zero-order valence-electron chi connectivity index (χ0n) is 11.5. The van der Waals surface area contributed by atoms with E-state index in [1.165, 1.54) is 5.56 Å². The lowest BCUT2D eigenvalue weighted by molar-refractivity contribution is 0.0508. The smallest absolute Gasteiger partial charge is 0.374 e. The highest BCUT2D eigenvalue weighted by atomic mass is 16.5. The maximum absolute atomic E-state index is 11.7. The van der Waals surface area contributed by atoms with Crippen LogP contribution >= 0.6 is 0 Å². The monoisotopic (exact) mass is 258 g/mol. The predicted molar refractivity (Wildman–Crippen MR) is 74.0 cm³/mol. The van der Waals surface area contributed by atoms with Gasteiger partial charge in [0, 0.05) is 18.8 Å². The van der Waals surface area contributed by atoms with Crippen LogP contribution in [0.4, 0.5) is 0 Å². The Bertz CT molecular complexity index is 570. The second kappa shape index (κ2) is 5.69. The molecule has 0 amide bonds. The fourth-order valence-corrected chi connectivity index (χ4v) is 1.90. The molecule has 0 atom stereocenters. The van der Waals surface area contributed by atoms with E-state index in [-0.39, 0.29) is 5.97 Å². The minimum Gasteiger partial charge on any atom is -0.460 e. The van der Waals surface area contributed by atoms with Gasteiger partial charge in [-0.25, -0.2) is 9.78 Å². The third-order valence-corrected chi connectivity index (χ3v) is 2.99. The van der Waals surface area contributed by atoms with Crippen LogP contribution in [0.3, 0.4) is 0 Å². The van der Waals surface area contributed by atoms with E-state index in [2.05, 4.69) is 24.0 Å². The summed E-state index contributed by atoms with van der Waals surface area (Å²) in [7, 11) is 1.79. The Morgan fingerprint density at radius 3 is 2.53 bits per heavy atom. The molecular weight excluding hydrogens is 240 g/mol. The summed E-state index contributed by atoms with van der Waals surface area (Å²) in [5.41, 5.74) is 3.07. The van der Waals surface area contributed by atoms with E-state index < -0.39 is 0 Å². The van der Waals surface area contributed by atoms with E-state index in [4.69, 9.17) is 4.74 Å². The number of esters is 1. The van der Waals surface area contributed by atoms with Gasteiger partial charge in [0.25, 0.3) is 0 Å². The first kappa shape index (κ1) is 13.3. The lowest BCUT2D eigenvalue weighted by atomic mass is 10.1. The molecule has 1 aromatic carbocycles. The summed E-state index contributed by atoms with van der Waals surface area (Å²) in [5, 5.41) is 0. The Morgan fingerprint density at radius 2 is 1.95 bits per heavy atom. The van der Waals surface area contributed by atoms with Crippen molar-refractivity contribution in [2.45, 2.75) is 20.3 Å². The van der Waals surface area contributed by atoms with Crippen molar-refractivity contribution in [2.24, 2.45) is 7.05 Å². The van der Waals surface area contributed by atoms with Crippen molar-refractivity contribution in [3.8, 4) is 11.3 Å². The van der Waals surface area contributed by atoms with Gasteiger partial charge in [0.1, 0.15) is 0 Å². The van der Waals surface area contributed by atoms with Crippen LogP contribution < -0.4 is 0 Å². The number of benzene rings is 1. The minimum atomic E-state index is -0.388. The molecule has 100 valence electrons. The van der Waals surface area contributed by atoms with E-state index in [0.717, 1.165) is 17.7 Å². The van der Waals surface area contributed by atoms with Gasteiger partial charge in [-0.1, -0.05) is 31.2 Å². The molecular formula is C15H18N2O2. The summed E-state index contributed by atoms with van der Waals surface area (Å²) in [6.45, 7) is 4.26. The Morgan fingerprint density at radius 1 is 1.26 bits per heavy atom. The number of hydrogen-bond acceptors (Lipinski definition) is 3. The number of ether oxygens (including phenoxy) is 1. The van der Waals surface area contributed by atoms with E-state index in [1.807, 2.05) is 18.3 Å². The lowest BCUT2D eigenvalue weighted by Gasteiger charge is -2.00. The predicted octanol–water partition coefficient (Wildman–Crippen LogP) is 2.83. The van der Waals surface area contributed by atoms with E-state index >= 15 is 0 Å². The fourth-order valence-electron chi connectivity index (χ4n) is 1.90. The molecule has 0 bridgehead atoms. The molecule has 2 aromatic rings. The maximum Gasteiger partial charge on any atom is 0.374 e. The normalized spacial score (nSPS) is 10.5. The van der Waals surface area contributed by atoms with Gasteiger partial charge in [0.05, 0.1) is 12.3 Å². The molecule has 0 saturated heterocycles. The highest BCUT2D eigenvalue weighted by Crippen LogP contribution is 2.19. The second-order valence-corrected chi connectivity index (χ2v) is 4.33. The van der Waals surface area contributed by atoms with Crippen LogP contribution in [0.1, 0.15) is 30.0 Å². The number of aryl methyl sites for hydroxylation is 2. The fraction of sp³-hybridized carbons (Fsp3) is 0.333. The van der Waals surface area contributed by atoms with Gasteiger partial charge < -0.3 is 9.30 Å². The molecule has 4 heteroatoms. The average molecular weight is 258 g/mol. The summed E-state index contributed by atoms with van der Waals surface area (Å²) >= 11 is 0. The number of rotatable bonds is 4. The molecule has 0 aliphatic carbocycles. The van der Waals surface area contributed by atoms with Crippen molar-refractivity contribution in [3.63, 3.8) is 0 Å². The summed E-state index contributed by atoms with van der Waals surface area (Å²) in [5.74, 6) is -0.0575. The van der Waals surface area contributed by atoms with Crippen LogP contribution in [0.15, 0.2) is 30.5 Å². The Kier molecular flexibility index (Phi) is 4.00. The maximum atomic E-state index is 11.7. The summed E-state index contributed by atoms with van der Waals surface area (Å²) < 4.78 is 6.67. The molecule has 0 aliphatic heterocycles. The topological polar surface area (TPSA) is 44.1 Å². The van der Waals surface area contributed by atoms with Crippen molar-refractivity contribution in [2.75, 3.05) is 6.61 Å². The zero-order chi connectivity index (χ0) is 13.8. The molecule has 1 aromatic heterocycles. The molecule has 0 saturated carbocycles. The number of nitrogens with zero attached hydrogens (tertiary/aromatic N) is 2. The molecule has 19 heavy (non-hydrogen) atoms. The average Bonchev–Trinajstić information content (AvgIpc) is 2.81. The third-order valence-electron chi connectivity index (χ3n) is 2.99. The van der Waals surface area contributed by atoms with Crippen LogP contribution in [0.2, 0.25) is 0 Å². The number of imidazole rings is 1. The van der Waals surface area contributed by atoms with Crippen LogP contribution in [0, 0.1) is 0 Å². The van der Waals surface area contributed by atoms with Gasteiger partial charge in [-0.15, -0.1) is 0 Å². The SMILES string of the molecule is CCOC(=O)c1nc(-c2ccc(CC)cc2)cn1C. The highest BCUT2D eigenvalue weighted by molar-refractivity contribution is 5.86. The first-order valence-electron chi connectivity index (χ1n) is 6.45. The van der Waals surface area contributed by atoms with Crippen LogP contribution in [0.5, 0.6) is 0 Å². The van der Waals surface area contributed by atoms with Gasteiger partial charge in [0.2, 0.25) is 5.82 Å². The molecule has 0 radical (unpaired) electrons. The van der Waals surface area contributed by atoms with Crippen molar-refractivity contribution in [3.05, 3.63) is 41.9 Å². The molecule has 2 rings (SSSR count). The van der Waals surface area contributed by atoms with Gasteiger partial charge >= 0.3 is 5.97 Å². The standard InChI is InChI=1S/C15H18N2O2/c1-4-11-6-8-12(9-7-11)13-10-17(3)14(16-13)15(18)19-5-2/h6-10H,4-5H2,1-3H3. The molecule has 1 heterocycles. The lowest BCUT2D eigenvalue weighted by Crippen LogP contribution is -2.10. The Balaban J connectivity index is 2.30. The minimum absolute atomic E-state index is 0.330. The zero-order valence-corrected chi connectivity index (χ0v) is 11.5. The van der Waals surface area contributed by atoms with Crippen molar-refractivity contribution in [1.82, 2.24) is 9.55 Å². The van der Waals surface area contributed by atoms with E-state index in [9.17, 15) is 4.79 Å². The van der Waals surface area contributed by atoms with Crippen molar-refractivity contribution >= 4 is 5.97 Å². The molecule has 0 aliphatic rings. The Hall–Kier alpha value is -2.10. The first-order chi connectivity index (χ1) is 9.15. The Labute approximate surface area is 113 Å². The number of aromatic nitrogens is 2. The first-order valence-corrected chi connectivity index (χ1v) is 6.45. The number of carbonyl (C=O) groups excluding carboxylic acids is 1. The quantitative estimate of drug-likeness (QED) is 0.792. The van der Waals surface area contributed by atoms with Gasteiger partial charge in [-0.05, 0) is 18.9 Å². The summed E-state index contributed by atoms with van der Waals surface area (Å²) in [6.07, 6.45) is 2.85. The van der Waals surface area contributed by atoms with E-state index in [0.29, 0.717) is 12.4 Å². The third kappa shape index (κ3) is 2.84. The van der Waals surface area contributed by atoms with Crippen molar-refractivity contribution < 1.29 is 9.53 Å². The summed E-state index contributed by atoms with van der Waals surface area (Å²) in [4.78, 5) is 16.0. The van der Waals surface area contributed by atoms with Crippen LogP contribution in [-0.4, -0.2) is 22.1 Å². The molecule has 0 spiro atoms.